The van der Waals surface area contributed by atoms with Crippen molar-refractivity contribution in [2.75, 3.05) is 26.9 Å². The van der Waals surface area contributed by atoms with Crippen LogP contribution in [0.2, 0.25) is 0 Å². The lowest BCUT2D eigenvalue weighted by atomic mass is 9.91. The quantitative estimate of drug-likeness (QED) is 0.129. The second-order valence-electron chi connectivity index (χ2n) is 16.8. The Morgan fingerprint density at radius 2 is 1.79 bits per heavy atom. The molecule has 16 heteroatoms. The van der Waals surface area contributed by atoms with E-state index in [9.17, 15) is 27.6 Å². The molecule has 1 aromatic carbocycles. The van der Waals surface area contributed by atoms with E-state index in [2.05, 4.69) is 20.3 Å². The highest BCUT2D eigenvalue weighted by Gasteiger charge is 2.62. The molecule has 57 heavy (non-hydrogen) atoms. The summed E-state index contributed by atoms with van der Waals surface area (Å²) in [5, 5.41) is 6.43. The lowest BCUT2D eigenvalue weighted by molar-refractivity contribution is -0.142. The highest BCUT2D eigenvalue weighted by atomic mass is 32.2. The van der Waals surface area contributed by atoms with Gasteiger partial charge in [-0.3, -0.25) is 19.1 Å². The number of hydrogen-bond acceptors (Lipinski definition) is 11. The maximum absolute atomic E-state index is 14.8. The molecule has 2 saturated carbocycles. The van der Waals surface area contributed by atoms with E-state index in [0.29, 0.717) is 50.0 Å². The summed E-state index contributed by atoms with van der Waals surface area (Å²) in [4.78, 5) is 62.2. The summed E-state index contributed by atoms with van der Waals surface area (Å²) in [6.45, 7) is 13.6. The van der Waals surface area contributed by atoms with E-state index in [4.69, 9.17) is 18.9 Å². The smallest absolute Gasteiger partial charge is 0.408 e. The average Bonchev–Trinajstić information content (AvgIpc) is 4.06. The molecule has 2 heterocycles. The van der Waals surface area contributed by atoms with Crippen molar-refractivity contribution < 1.29 is 50.8 Å². The maximum atomic E-state index is 14.8. The first-order chi connectivity index (χ1) is 26.9. The molecule has 0 spiro atoms. The van der Waals surface area contributed by atoms with E-state index in [1.54, 1.807) is 40.2 Å². The molecule has 3 fully saturated rings. The number of aromatic nitrogens is 1. The van der Waals surface area contributed by atoms with Gasteiger partial charge in [-0.05, 0) is 70.8 Å². The number of methoxy groups -OCH3 is 1. The number of ether oxygens (including phenoxy) is 4. The standard InChI is InChI=1S/C41H59N5O10S.3H2/c1-9-10-13-27-22-41(27,38(49)45-57(51,52)29-16-17-29)44-35(47)32-21-28(55-36-31-15-12-11-14-30(31)33(23-42-36)54-19-18-53-8)24-46(32)37(48)34(26(4)20-25(2)3)43-39(50)56-40(5,6)7;;;/h10-15,23,25-29,32,34H,9,16-22,24H2,1-8H3,(H,43,50)(H,44,47)(H,45,49);3*1H/b13-10-;;;/t26-,27-,28-,32+,34+,41-;;;/m1.../s1. The Balaban J connectivity index is 0.00000413. The molecule has 3 aliphatic rings. The Bertz CT molecular complexity index is 1940. The number of rotatable bonds is 18. The summed E-state index contributed by atoms with van der Waals surface area (Å²) in [7, 11) is -2.33. The summed E-state index contributed by atoms with van der Waals surface area (Å²) in [6, 6.07) is 5.20. The molecule has 0 bridgehead atoms. The summed E-state index contributed by atoms with van der Waals surface area (Å²) >= 11 is 0. The minimum atomic E-state index is -3.91. The fourth-order valence-electron chi connectivity index (χ4n) is 7.33. The third kappa shape index (κ3) is 10.9. The van der Waals surface area contributed by atoms with Crippen molar-refractivity contribution in [2.24, 2.45) is 17.8 Å². The van der Waals surface area contributed by atoms with Crippen LogP contribution in [0.5, 0.6) is 11.6 Å². The first-order valence-corrected chi connectivity index (χ1v) is 21.4. The third-order valence-corrected chi connectivity index (χ3v) is 12.1. The molecule has 0 unspecified atom stereocenters. The molecule has 6 atom stereocenters. The Morgan fingerprint density at radius 3 is 2.42 bits per heavy atom. The van der Waals surface area contributed by atoms with Crippen LogP contribution in [0.25, 0.3) is 10.8 Å². The lowest BCUT2D eigenvalue weighted by Gasteiger charge is -2.33. The molecule has 2 aliphatic carbocycles. The third-order valence-electron chi connectivity index (χ3n) is 10.3. The number of carbonyl (C=O) groups is 4. The highest BCUT2D eigenvalue weighted by Crippen LogP contribution is 2.46. The number of amides is 4. The normalized spacial score (nSPS) is 23.2. The van der Waals surface area contributed by atoms with Crippen molar-refractivity contribution in [1.29, 1.82) is 0 Å². The summed E-state index contributed by atoms with van der Waals surface area (Å²) < 4.78 is 51.0. The van der Waals surface area contributed by atoms with E-state index in [0.717, 1.165) is 5.39 Å². The Labute approximate surface area is 340 Å². The van der Waals surface area contributed by atoms with Gasteiger partial charge in [0, 0.05) is 34.5 Å². The number of pyridine rings is 1. The van der Waals surface area contributed by atoms with Gasteiger partial charge >= 0.3 is 6.09 Å². The van der Waals surface area contributed by atoms with Crippen LogP contribution in [0.15, 0.2) is 42.6 Å². The van der Waals surface area contributed by atoms with E-state index < -0.39 is 74.3 Å². The number of allylic oxidation sites excluding steroid dienone is 1. The fourth-order valence-corrected chi connectivity index (χ4v) is 8.69. The predicted molar refractivity (Wildman–Crippen MR) is 220 cm³/mol. The summed E-state index contributed by atoms with van der Waals surface area (Å²) in [5.74, 6) is -1.81. The number of benzene rings is 1. The minimum absolute atomic E-state index is 0. The number of fused-ring (bicyclic) bond motifs is 1. The van der Waals surface area contributed by atoms with Crippen LogP contribution < -0.4 is 24.8 Å². The number of alkyl carbamates (subject to hydrolysis) is 1. The van der Waals surface area contributed by atoms with Gasteiger partial charge in [-0.15, -0.1) is 0 Å². The second kappa shape index (κ2) is 18.0. The van der Waals surface area contributed by atoms with Gasteiger partial charge in [0.05, 0.1) is 24.6 Å². The van der Waals surface area contributed by atoms with Gasteiger partial charge in [-0.1, -0.05) is 58.0 Å². The van der Waals surface area contributed by atoms with Gasteiger partial charge in [0.1, 0.15) is 41.7 Å². The van der Waals surface area contributed by atoms with Crippen LogP contribution in [-0.4, -0.2) is 104 Å². The molecule has 320 valence electrons. The van der Waals surface area contributed by atoms with Crippen LogP contribution in [0, 0.1) is 17.8 Å². The first kappa shape index (κ1) is 43.7. The number of sulfonamides is 1. The predicted octanol–water partition coefficient (Wildman–Crippen LogP) is 5.37. The van der Waals surface area contributed by atoms with Gasteiger partial charge in [-0.2, -0.15) is 0 Å². The molecular formula is C41H65N5O10S. The molecule has 0 radical (unpaired) electrons. The summed E-state index contributed by atoms with van der Waals surface area (Å²) in [5.41, 5.74) is -2.36. The largest absolute Gasteiger partial charge is 0.489 e. The molecule has 1 saturated heterocycles. The summed E-state index contributed by atoms with van der Waals surface area (Å²) in [6.07, 6.45) is 6.10. The average molecular weight is 820 g/mol. The maximum Gasteiger partial charge on any atom is 0.408 e. The molecule has 2 aromatic rings. The zero-order valence-corrected chi connectivity index (χ0v) is 35.1. The van der Waals surface area contributed by atoms with Crippen molar-refractivity contribution in [3.63, 3.8) is 0 Å². The topological polar surface area (TPSA) is 192 Å². The second-order valence-corrected chi connectivity index (χ2v) is 18.8. The highest BCUT2D eigenvalue weighted by molar-refractivity contribution is 7.91. The number of likely N-dealkylation sites (tertiary alicyclic amines) is 1. The van der Waals surface area contributed by atoms with Crippen LogP contribution >= 0.6 is 0 Å². The molecule has 5 rings (SSSR count). The van der Waals surface area contributed by atoms with Gasteiger partial charge in [-0.25, -0.2) is 18.2 Å². The lowest BCUT2D eigenvalue weighted by Crippen LogP contribution is -2.59. The molecule has 1 aromatic heterocycles. The molecule has 1 aliphatic heterocycles. The van der Waals surface area contributed by atoms with Crippen LogP contribution in [0.4, 0.5) is 4.79 Å². The van der Waals surface area contributed by atoms with Crippen molar-refractivity contribution in [2.45, 2.75) is 122 Å². The molecule has 4 amide bonds. The Morgan fingerprint density at radius 1 is 1.09 bits per heavy atom. The van der Waals surface area contributed by atoms with E-state index in [1.165, 1.54) is 4.90 Å². The van der Waals surface area contributed by atoms with Crippen LogP contribution in [0.3, 0.4) is 0 Å². The number of hydrogen-bond donors (Lipinski definition) is 3. The van der Waals surface area contributed by atoms with E-state index in [-0.39, 0.29) is 41.4 Å². The minimum Gasteiger partial charge on any atom is -0.489 e. The Kier molecular flexibility index (Phi) is 13.8. The van der Waals surface area contributed by atoms with Gasteiger partial charge in [0.2, 0.25) is 27.7 Å². The monoisotopic (exact) mass is 819 g/mol. The van der Waals surface area contributed by atoms with Crippen LogP contribution in [-0.2, 0) is 33.9 Å². The van der Waals surface area contributed by atoms with Crippen molar-refractivity contribution in [1.82, 2.24) is 25.2 Å². The van der Waals surface area contributed by atoms with Gasteiger partial charge in [0.15, 0.2) is 0 Å². The molecule has 3 N–H and O–H groups in total. The van der Waals surface area contributed by atoms with Crippen LogP contribution in [0.1, 0.15) is 91.3 Å². The SMILES string of the molecule is CC/C=C\[C@@H]1C[C@]1(NC(=O)[C@@H]1C[C@@H](Oc2ncc(OCCOC)c3ccccc23)CN1C(=O)[C@@H](NC(=O)OC(C)(C)C)[C@H](C)CC(C)C)C(=O)NS(=O)(=O)C1CC1.[HH].[HH].[HH]. The number of nitrogens with one attached hydrogen (secondary N) is 3. The van der Waals surface area contributed by atoms with Crippen molar-refractivity contribution in [3.8, 4) is 11.6 Å². The van der Waals surface area contributed by atoms with E-state index >= 15 is 0 Å². The number of carbonyl (C=O) groups excluding carboxylic acids is 4. The first-order valence-electron chi connectivity index (χ1n) is 19.9. The van der Waals surface area contributed by atoms with Gasteiger partial charge < -0.3 is 34.5 Å². The fraction of sp³-hybridized carbons (Fsp3) is 0.634. The molecular weight excluding hydrogens is 755 g/mol. The van der Waals surface area contributed by atoms with Crippen molar-refractivity contribution >= 4 is 44.6 Å². The number of nitrogens with zero attached hydrogens (tertiary/aromatic N) is 2. The Hall–Kier alpha value is -4.44. The van der Waals surface area contributed by atoms with Gasteiger partial charge in [0.25, 0.3) is 5.91 Å². The zero-order chi connectivity index (χ0) is 41.7. The van der Waals surface area contributed by atoms with Crippen molar-refractivity contribution in [3.05, 3.63) is 42.6 Å². The zero-order valence-electron chi connectivity index (χ0n) is 34.3. The molecule has 15 nitrogen and oxygen atoms in total. The van der Waals surface area contributed by atoms with E-state index in [1.807, 2.05) is 58.0 Å².